The molecule has 1 aliphatic heterocycles. The molecule has 0 N–H and O–H groups in total. The van der Waals surface area contributed by atoms with Crippen molar-refractivity contribution in [1.29, 1.82) is 0 Å². The second-order valence-electron chi connectivity index (χ2n) is 7.40. The number of nitrogens with zero attached hydrogens (tertiary/aromatic N) is 1. The highest BCUT2D eigenvalue weighted by atomic mass is 79.9. The third-order valence-electron chi connectivity index (χ3n) is 4.79. The Morgan fingerprint density at radius 2 is 1.81 bits per heavy atom. The molecule has 0 spiro atoms. The van der Waals surface area contributed by atoms with Crippen LogP contribution in [0.1, 0.15) is 29.8 Å². The maximum atomic E-state index is 12.5. The topological polar surface area (TPSA) is 74.3 Å². The second kappa shape index (κ2) is 10.6. The van der Waals surface area contributed by atoms with Gasteiger partial charge < -0.3 is 23.8 Å². The SMILES string of the molecule is COc1cc(C(=O)OCC(=O)N2CC(C)OC(C)C2)cc(Br)c1OCc1ccccc1. The lowest BCUT2D eigenvalue weighted by atomic mass is 10.2. The Labute approximate surface area is 190 Å². The summed E-state index contributed by atoms with van der Waals surface area (Å²) in [6.45, 7) is 4.80. The maximum absolute atomic E-state index is 12.5. The number of ether oxygens (including phenoxy) is 4. The molecule has 8 heteroatoms. The predicted molar refractivity (Wildman–Crippen MR) is 118 cm³/mol. The molecule has 0 aromatic heterocycles. The van der Waals surface area contributed by atoms with Crippen molar-refractivity contribution in [1.82, 2.24) is 4.90 Å². The summed E-state index contributed by atoms with van der Waals surface area (Å²) in [7, 11) is 1.50. The Hall–Kier alpha value is -2.58. The summed E-state index contributed by atoms with van der Waals surface area (Å²) < 4.78 is 22.7. The van der Waals surface area contributed by atoms with Gasteiger partial charge >= 0.3 is 5.97 Å². The lowest BCUT2D eigenvalue weighted by Gasteiger charge is -2.35. The molecule has 1 heterocycles. The first-order chi connectivity index (χ1) is 14.9. The molecule has 0 bridgehead atoms. The van der Waals surface area contributed by atoms with Gasteiger partial charge in [0.2, 0.25) is 0 Å². The van der Waals surface area contributed by atoms with Crippen LogP contribution in [0.5, 0.6) is 11.5 Å². The summed E-state index contributed by atoms with van der Waals surface area (Å²) in [4.78, 5) is 26.6. The standard InChI is InChI=1S/C23H26BrNO6/c1-15-11-25(12-16(2)31-15)21(26)14-30-23(27)18-9-19(24)22(20(10-18)28-3)29-13-17-7-5-4-6-8-17/h4-10,15-16H,11-14H2,1-3H3. The van der Waals surface area contributed by atoms with Gasteiger partial charge in [-0.2, -0.15) is 0 Å². The molecule has 2 atom stereocenters. The number of methoxy groups -OCH3 is 1. The Bertz CT molecular complexity index is 910. The van der Waals surface area contributed by atoms with Crippen LogP contribution in [0.4, 0.5) is 0 Å². The minimum atomic E-state index is -0.615. The van der Waals surface area contributed by atoms with Crippen molar-refractivity contribution in [3.05, 3.63) is 58.1 Å². The molecule has 3 rings (SSSR count). The Kier molecular flexibility index (Phi) is 7.92. The first-order valence-corrected chi connectivity index (χ1v) is 10.8. The van der Waals surface area contributed by atoms with E-state index >= 15 is 0 Å². The molecule has 0 radical (unpaired) electrons. The number of benzene rings is 2. The van der Waals surface area contributed by atoms with Crippen LogP contribution in [0.25, 0.3) is 0 Å². The van der Waals surface area contributed by atoms with E-state index in [0.717, 1.165) is 5.56 Å². The lowest BCUT2D eigenvalue weighted by molar-refractivity contribution is -0.146. The zero-order valence-corrected chi connectivity index (χ0v) is 19.4. The number of amides is 1. The van der Waals surface area contributed by atoms with E-state index in [9.17, 15) is 9.59 Å². The van der Waals surface area contributed by atoms with Crippen molar-refractivity contribution in [2.45, 2.75) is 32.7 Å². The van der Waals surface area contributed by atoms with Crippen molar-refractivity contribution >= 4 is 27.8 Å². The van der Waals surface area contributed by atoms with Gasteiger partial charge in [-0.3, -0.25) is 4.79 Å². The lowest BCUT2D eigenvalue weighted by Crippen LogP contribution is -2.49. The fourth-order valence-electron chi connectivity index (χ4n) is 3.39. The van der Waals surface area contributed by atoms with Gasteiger partial charge in [-0.25, -0.2) is 4.79 Å². The van der Waals surface area contributed by atoms with Crippen LogP contribution >= 0.6 is 15.9 Å². The third-order valence-corrected chi connectivity index (χ3v) is 5.38. The number of hydrogen-bond donors (Lipinski definition) is 0. The average molecular weight is 492 g/mol. The highest BCUT2D eigenvalue weighted by Crippen LogP contribution is 2.37. The zero-order chi connectivity index (χ0) is 22.4. The number of rotatable bonds is 7. The fourth-order valence-corrected chi connectivity index (χ4v) is 3.95. The monoisotopic (exact) mass is 491 g/mol. The van der Waals surface area contributed by atoms with Crippen LogP contribution in [0.2, 0.25) is 0 Å². The molecule has 1 aliphatic rings. The minimum absolute atomic E-state index is 0.0490. The Balaban J connectivity index is 1.63. The third kappa shape index (κ3) is 6.21. The molecule has 7 nitrogen and oxygen atoms in total. The van der Waals surface area contributed by atoms with E-state index in [1.165, 1.54) is 13.2 Å². The van der Waals surface area contributed by atoms with E-state index in [1.54, 1.807) is 11.0 Å². The van der Waals surface area contributed by atoms with Gasteiger partial charge in [0.05, 0.1) is 29.4 Å². The van der Waals surface area contributed by atoms with Gasteiger partial charge in [-0.1, -0.05) is 30.3 Å². The molecule has 1 saturated heterocycles. The van der Waals surface area contributed by atoms with E-state index in [2.05, 4.69) is 15.9 Å². The fraction of sp³-hybridized carbons (Fsp3) is 0.391. The summed E-state index contributed by atoms with van der Waals surface area (Å²) in [6, 6.07) is 12.8. The Morgan fingerprint density at radius 3 is 2.45 bits per heavy atom. The summed E-state index contributed by atoms with van der Waals surface area (Å²) in [5.74, 6) is 0.00944. The van der Waals surface area contributed by atoms with E-state index in [4.69, 9.17) is 18.9 Å². The van der Waals surface area contributed by atoms with Crippen molar-refractivity contribution in [2.24, 2.45) is 0 Å². The quantitative estimate of drug-likeness (QED) is 0.548. The summed E-state index contributed by atoms with van der Waals surface area (Å²) in [5, 5.41) is 0. The van der Waals surface area contributed by atoms with Crippen molar-refractivity contribution in [3.8, 4) is 11.5 Å². The summed E-state index contributed by atoms with van der Waals surface area (Å²) >= 11 is 3.43. The molecule has 166 valence electrons. The van der Waals surface area contributed by atoms with E-state index in [1.807, 2.05) is 44.2 Å². The molecule has 2 aromatic carbocycles. The number of carbonyl (C=O) groups excluding carboxylic acids is 2. The molecule has 31 heavy (non-hydrogen) atoms. The summed E-state index contributed by atoms with van der Waals surface area (Å²) in [6.07, 6.45) is -0.0981. The van der Waals surface area contributed by atoms with Crippen LogP contribution < -0.4 is 9.47 Å². The maximum Gasteiger partial charge on any atom is 0.338 e. The van der Waals surface area contributed by atoms with Gasteiger partial charge in [-0.15, -0.1) is 0 Å². The van der Waals surface area contributed by atoms with Gasteiger partial charge in [0, 0.05) is 13.1 Å². The predicted octanol–water partition coefficient (Wildman–Crippen LogP) is 3.83. The van der Waals surface area contributed by atoms with Gasteiger partial charge in [0.1, 0.15) is 6.61 Å². The van der Waals surface area contributed by atoms with Crippen LogP contribution in [0.15, 0.2) is 46.9 Å². The number of esters is 1. The largest absolute Gasteiger partial charge is 0.493 e. The summed E-state index contributed by atoms with van der Waals surface area (Å²) in [5.41, 5.74) is 1.26. The first kappa shape index (κ1) is 23.1. The number of hydrogen-bond acceptors (Lipinski definition) is 6. The average Bonchev–Trinajstić information content (AvgIpc) is 2.75. The highest BCUT2D eigenvalue weighted by Gasteiger charge is 2.27. The normalized spacial score (nSPS) is 18.4. The first-order valence-electron chi connectivity index (χ1n) is 10.0. The zero-order valence-electron chi connectivity index (χ0n) is 17.8. The molecule has 1 fully saturated rings. The minimum Gasteiger partial charge on any atom is -0.493 e. The van der Waals surface area contributed by atoms with Crippen LogP contribution in [-0.4, -0.2) is 55.8 Å². The van der Waals surface area contributed by atoms with E-state index < -0.39 is 5.97 Å². The number of morpholine rings is 1. The molecule has 1 amide bonds. The van der Waals surface area contributed by atoms with E-state index in [0.29, 0.717) is 35.7 Å². The molecule has 0 saturated carbocycles. The van der Waals surface area contributed by atoms with Crippen LogP contribution in [0, 0.1) is 0 Å². The molecule has 2 unspecified atom stereocenters. The van der Waals surface area contributed by atoms with Gasteiger partial charge in [-0.05, 0) is 47.5 Å². The highest BCUT2D eigenvalue weighted by molar-refractivity contribution is 9.10. The smallest absolute Gasteiger partial charge is 0.338 e. The van der Waals surface area contributed by atoms with E-state index in [-0.39, 0.29) is 30.3 Å². The van der Waals surface area contributed by atoms with Crippen LogP contribution in [-0.2, 0) is 20.9 Å². The molecular formula is C23H26BrNO6. The molecular weight excluding hydrogens is 466 g/mol. The molecule has 0 aliphatic carbocycles. The van der Waals surface area contributed by atoms with Crippen molar-refractivity contribution in [3.63, 3.8) is 0 Å². The van der Waals surface area contributed by atoms with Crippen molar-refractivity contribution < 1.29 is 28.5 Å². The van der Waals surface area contributed by atoms with Crippen LogP contribution in [0.3, 0.4) is 0 Å². The molecule has 2 aromatic rings. The second-order valence-corrected chi connectivity index (χ2v) is 8.25. The Morgan fingerprint density at radius 1 is 1.13 bits per heavy atom. The van der Waals surface area contributed by atoms with Gasteiger partial charge in [0.15, 0.2) is 18.1 Å². The number of carbonyl (C=O) groups is 2. The van der Waals surface area contributed by atoms with Crippen molar-refractivity contribution in [2.75, 3.05) is 26.8 Å². The van der Waals surface area contributed by atoms with Gasteiger partial charge in [0.25, 0.3) is 5.91 Å². The number of halogens is 1.